The van der Waals surface area contributed by atoms with Crippen LogP contribution in [0.15, 0.2) is 52.3 Å². The highest BCUT2D eigenvalue weighted by molar-refractivity contribution is 7.92. The van der Waals surface area contributed by atoms with Gasteiger partial charge in [0, 0.05) is 17.3 Å². The molecule has 0 aliphatic carbocycles. The zero-order valence-electron chi connectivity index (χ0n) is 13.9. The minimum Gasteiger partial charge on any atom is -0.280 e. The second-order valence-electron chi connectivity index (χ2n) is 5.46. The van der Waals surface area contributed by atoms with Crippen molar-refractivity contribution in [1.82, 2.24) is 4.72 Å². The molecule has 0 aliphatic heterocycles. The van der Waals surface area contributed by atoms with Gasteiger partial charge in [0.05, 0.1) is 9.92 Å². The summed E-state index contributed by atoms with van der Waals surface area (Å²) in [6.07, 6.45) is 1.60. The Morgan fingerprint density at radius 2 is 1.58 bits per heavy atom. The van der Waals surface area contributed by atoms with Crippen LogP contribution in [-0.4, -0.2) is 23.4 Å². The molecule has 0 aliphatic rings. The lowest BCUT2D eigenvalue weighted by Gasteiger charge is -2.11. The molecule has 2 aromatic rings. The van der Waals surface area contributed by atoms with Crippen molar-refractivity contribution < 1.29 is 16.8 Å². The molecule has 0 radical (unpaired) electrons. The Bertz CT molecular complexity index is 976. The lowest BCUT2D eigenvalue weighted by Crippen LogP contribution is -2.24. The summed E-state index contributed by atoms with van der Waals surface area (Å²) in [6, 6.07) is 9.49. The van der Waals surface area contributed by atoms with Crippen LogP contribution in [0.1, 0.15) is 19.8 Å². The number of halogens is 2. The number of unbranched alkanes of at least 4 members (excludes halogenated alkanes) is 1. The highest BCUT2D eigenvalue weighted by atomic mass is 35.5. The summed E-state index contributed by atoms with van der Waals surface area (Å²) >= 11 is 11.8. The third kappa shape index (κ3) is 5.34. The summed E-state index contributed by atoms with van der Waals surface area (Å²) < 4.78 is 54.0. The van der Waals surface area contributed by atoms with Crippen LogP contribution in [0.4, 0.5) is 5.69 Å². The molecule has 142 valence electrons. The normalized spacial score (nSPS) is 12.1. The Hall–Kier alpha value is -1.32. The molecule has 6 nitrogen and oxygen atoms in total. The van der Waals surface area contributed by atoms with Gasteiger partial charge in [0.15, 0.2) is 0 Å². The predicted octanol–water partition coefficient (Wildman–Crippen LogP) is 3.87. The maximum Gasteiger partial charge on any atom is 0.263 e. The van der Waals surface area contributed by atoms with E-state index in [0.717, 1.165) is 12.8 Å². The van der Waals surface area contributed by atoms with Gasteiger partial charge in [-0.25, -0.2) is 21.6 Å². The first-order chi connectivity index (χ1) is 12.2. The van der Waals surface area contributed by atoms with E-state index in [0.29, 0.717) is 6.54 Å². The van der Waals surface area contributed by atoms with E-state index in [1.165, 1.54) is 42.5 Å². The van der Waals surface area contributed by atoms with Crippen molar-refractivity contribution in [3.63, 3.8) is 0 Å². The van der Waals surface area contributed by atoms with Crippen LogP contribution in [0.3, 0.4) is 0 Å². The average molecular weight is 437 g/mol. The molecule has 2 aromatic carbocycles. The topological polar surface area (TPSA) is 92.3 Å². The minimum atomic E-state index is -3.96. The van der Waals surface area contributed by atoms with Gasteiger partial charge >= 0.3 is 0 Å². The highest BCUT2D eigenvalue weighted by Crippen LogP contribution is 2.27. The van der Waals surface area contributed by atoms with Gasteiger partial charge in [-0.2, -0.15) is 0 Å². The summed E-state index contributed by atoms with van der Waals surface area (Å²) in [5.74, 6) is 0. The first-order valence-electron chi connectivity index (χ1n) is 7.73. The van der Waals surface area contributed by atoms with Gasteiger partial charge in [0.2, 0.25) is 10.0 Å². The molecule has 26 heavy (non-hydrogen) atoms. The molecule has 0 saturated carbocycles. The fourth-order valence-electron chi connectivity index (χ4n) is 2.06. The molecular formula is C16H18Cl2N2O4S2. The van der Waals surface area contributed by atoms with Gasteiger partial charge in [-0.1, -0.05) is 36.5 Å². The van der Waals surface area contributed by atoms with Crippen LogP contribution in [0.2, 0.25) is 10.0 Å². The lowest BCUT2D eigenvalue weighted by molar-refractivity contribution is 0.578. The second-order valence-corrected chi connectivity index (χ2v) is 9.72. The van der Waals surface area contributed by atoms with Crippen molar-refractivity contribution in [2.75, 3.05) is 11.3 Å². The smallest absolute Gasteiger partial charge is 0.263 e. The van der Waals surface area contributed by atoms with Crippen LogP contribution >= 0.6 is 23.2 Å². The number of benzene rings is 2. The quantitative estimate of drug-likeness (QED) is 0.614. The number of rotatable bonds is 8. The zero-order chi connectivity index (χ0) is 19.4. The number of hydrogen-bond donors (Lipinski definition) is 2. The van der Waals surface area contributed by atoms with Gasteiger partial charge in [-0.3, -0.25) is 4.72 Å². The van der Waals surface area contributed by atoms with Gasteiger partial charge in [0.1, 0.15) is 4.90 Å². The van der Waals surface area contributed by atoms with E-state index >= 15 is 0 Å². The molecule has 0 bridgehead atoms. The van der Waals surface area contributed by atoms with Crippen LogP contribution in [0, 0.1) is 0 Å². The first-order valence-corrected chi connectivity index (χ1v) is 11.5. The third-order valence-corrected chi connectivity index (χ3v) is 7.00. The Morgan fingerprint density at radius 3 is 2.19 bits per heavy atom. The van der Waals surface area contributed by atoms with Crippen molar-refractivity contribution in [1.29, 1.82) is 0 Å². The van der Waals surface area contributed by atoms with E-state index in [9.17, 15) is 16.8 Å². The molecule has 0 unspecified atom stereocenters. The van der Waals surface area contributed by atoms with Crippen molar-refractivity contribution >= 4 is 48.9 Å². The lowest BCUT2D eigenvalue weighted by atomic mass is 10.3. The summed E-state index contributed by atoms with van der Waals surface area (Å²) in [4.78, 5) is -0.109. The summed E-state index contributed by atoms with van der Waals surface area (Å²) in [6.45, 7) is 2.31. The van der Waals surface area contributed by atoms with Crippen molar-refractivity contribution in [2.45, 2.75) is 29.6 Å². The van der Waals surface area contributed by atoms with Crippen molar-refractivity contribution in [3.8, 4) is 0 Å². The largest absolute Gasteiger partial charge is 0.280 e. The monoisotopic (exact) mass is 436 g/mol. The first kappa shape index (κ1) is 21.0. The van der Waals surface area contributed by atoms with E-state index in [-0.39, 0.29) is 25.5 Å². The van der Waals surface area contributed by atoms with Crippen molar-refractivity contribution in [3.05, 3.63) is 52.5 Å². The molecule has 2 rings (SSSR count). The van der Waals surface area contributed by atoms with E-state index < -0.39 is 20.0 Å². The Morgan fingerprint density at radius 1 is 0.923 bits per heavy atom. The maximum atomic E-state index is 12.4. The molecule has 0 amide bonds. The molecule has 0 spiro atoms. The van der Waals surface area contributed by atoms with E-state index in [1.807, 2.05) is 6.92 Å². The summed E-state index contributed by atoms with van der Waals surface area (Å²) in [5.41, 5.74) is 0.202. The van der Waals surface area contributed by atoms with E-state index in [1.54, 1.807) is 0 Å². The Labute approximate surface area is 163 Å². The van der Waals surface area contributed by atoms with Crippen LogP contribution in [-0.2, 0) is 20.0 Å². The summed E-state index contributed by atoms with van der Waals surface area (Å²) in [7, 11) is -7.59. The third-order valence-electron chi connectivity index (χ3n) is 3.42. The molecule has 0 heterocycles. The Kier molecular flexibility index (Phi) is 6.92. The Balaban J connectivity index is 2.20. The van der Waals surface area contributed by atoms with Gasteiger partial charge in [-0.05, 0) is 48.9 Å². The molecule has 2 N–H and O–H groups in total. The van der Waals surface area contributed by atoms with Crippen LogP contribution in [0.5, 0.6) is 0 Å². The van der Waals surface area contributed by atoms with Crippen LogP contribution < -0.4 is 9.44 Å². The molecular weight excluding hydrogens is 419 g/mol. The molecule has 0 atom stereocenters. The van der Waals surface area contributed by atoms with E-state index in [4.69, 9.17) is 23.2 Å². The average Bonchev–Trinajstić information content (AvgIpc) is 2.57. The minimum absolute atomic E-state index is 0.0289. The fourth-order valence-corrected chi connectivity index (χ4v) is 4.96. The SMILES string of the molecule is CCCCNS(=O)(=O)c1ccc(NS(=O)(=O)c2cc(Cl)ccc2Cl)cc1. The molecule has 0 aromatic heterocycles. The van der Waals surface area contributed by atoms with Crippen LogP contribution in [0.25, 0.3) is 0 Å². The van der Waals surface area contributed by atoms with Gasteiger partial charge in [-0.15, -0.1) is 0 Å². The van der Waals surface area contributed by atoms with Gasteiger partial charge in [0.25, 0.3) is 10.0 Å². The molecule has 10 heteroatoms. The van der Waals surface area contributed by atoms with Gasteiger partial charge < -0.3 is 0 Å². The maximum absolute atomic E-state index is 12.4. The standard InChI is InChI=1S/C16H18Cl2N2O4S2/c1-2-3-10-19-25(21,22)14-7-5-13(6-8-14)20-26(23,24)16-11-12(17)4-9-15(16)18/h4-9,11,19-20H,2-3,10H2,1H3. The molecule has 0 saturated heterocycles. The van der Waals surface area contributed by atoms with E-state index in [2.05, 4.69) is 9.44 Å². The number of hydrogen-bond acceptors (Lipinski definition) is 4. The predicted molar refractivity (Wildman–Crippen MR) is 104 cm³/mol. The number of nitrogens with one attached hydrogen (secondary N) is 2. The highest BCUT2D eigenvalue weighted by Gasteiger charge is 2.19. The molecule has 0 fully saturated rings. The van der Waals surface area contributed by atoms with Crippen molar-refractivity contribution in [2.24, 2.45) is 0 Å². The zero-order valence-corrected chi connectivity index (χ0v) is 17.0. The number of sulfonamides is 2. The fraction of sp³-hybridized carbons (Fsp3) is 0.250. The second kappa shape index (κ2) is 8.58. The number of anilines is 1. The summed E-state index contributed by atoms with van der Waals surface area (Å²) in [5, 5.41) is 0.260.